The van der Waals surface area contributed by atoms with Crippen LogP contribution in [0, 0.1) is 11.3 Å². The summed E-state index contributed by atoms with van der Waals surface area (Å²) in [4.78, 5) is 0. The molecule has 1 aromatic carbocycles. The van der Waals surface area contributed by atoms with Crippen LogP contribution < -0.4 is 9.47 Å². The third kappa shape index (κ3) is 1.04. The third-order valence-electron chi connectivity index (χ3n) is 2.63. The number of nitrogens with zero attached hydrogens (tertiary/aromatic N) is 1. The number of fused-ring (bicyclic) bond motifs is 1. The maximum absolute atomic E-state index is 8.87. The molecule has 1 atom stereocenters. The smallest absolute Gasteiger partial charge is 0.123 e. The summed E-state index contributed by atoms with van der Waals surface area (Å²) in [5.74, 6) is 1.61. The van der Waals surface area contributed by atoms with Gasteiger partial charge in [-0.1, -0.05) is 0 Å². The highest BCUT2D eigenvalue weighted by Crippen LogP contribution is 2.45. The van der Waals surface area contributed by atoms with E-state index in [0.29, 0.717) is 0 Å². The van der Waals surface area contributed by atoms with E-state index < -0.39 is 0 Å². The van der Waals surface area contributed by atoms with Gasteiger partial charge in [-0.05, 0) is 18.6 Å². The van der Waals surface area contributed by atoms with Crippen molar-refractivity contribution in [3.05, 3.63) is 23.3 Å². The van der Waals surface area contributed by atoms with E-state index in [-0.39, 0.29) is 5.92 Å². The van der Waals surface area contributed by atoms with E-state index in [4.69, 9.17) is 14.7 Å². The molecule has 0 saturated carbocycles. The Bertz CT molecular complexity index is 406. The largest absolute Gasteiger partial charge is 0.496 e. The normalized spacial score (nSPS) is 17.6. The molecule has 0 aliphatic heterocycles. The predicted octanol–water partition coefficient (Wildman–Crippen LogP) is 1.87. The van der Waals surface area contributed by atoms with E-state index in [9.17, 15) is 0 Å². The summed E-state index contributed by atoms with van der Waals surface area (Å²) in [6.45, 7) is 0. The highest BCUT2D eigenvalue weighted by molar-refractivity contribution is 5.58. The van der Waals surface area contributed by atoms with Gasteiger partial charge in [0.15, 0.2) is 0 Å². The lowest BCUT2D eigenvalue weighted by Gasteiger charge is -2.28. The van der Waals surface area contributed by atoms with Crippen LogP contribution in [-0.4, -0.2) is 14.2 Å². The summed E-state index contributed by atoms with van der Waals surface area (Å²) in [5.41, 5.74) is 2.10. The molecule has 3 heteroatoms. The molecular weight excluding hydrogens is 178 g/mol. The first-order valence-corrected chi connectivity index (χ1v) is 4.45. The monoisotopic (exact) mass is 189 g/mol. The molecule has 0 aromatic heterocycles. The molecule has 0 spiro atoms. The van der Waals surface area contributed by atoms with Crippen molar-refractivity contribution in [1.29, 1.82) is 5.26 Å². The topological polar surface area (TPSA) is 42.2 Å². The van der Waals surface area contributed by atoms with Crippen LogP contribution in [0.4, 0.5) is 0 Å². The molecule has 1 aromatic rings. The van der Waals surface area contributed by atoms with Crippen LogP contribution in [0.1, 0.15) is 17.0 Å². The van der Waals surface area contributed by atoms with Crippen molar-refractivity contribution >= 4 is 0 Å². The lowest BCUT2D eigenvalue weighted by atomic mass is 9.77. The van der Waals surface area contributed by atoms with Crippen molar-refractivity contribution in [3.8, 4) is 17.6 Å². The Hall–Kier alpha value is -1.69. The average molecular weight is 189 g/mol. The molecular formula is C11H11NO2. The van der Waals surface area contributed by atoms with Gasteiger partial charge < -0.3 is 9.47 Å². The van der Waals surface area contributed by atoms with Gasteiger partial charge in [0.05, 0.1) is 26.2 Å². The molecule has 0 N–H and O–H groups in total. The molecule has 2 rings (SSSR count). The second kappa shape index (κ2) is 3.22. The number of benzene rings is 1. The Morgan fingerprint density at radius 2 is 1.93 bits per heavy atom. The van der Waals surface area contributed by atoms with E-state index in [1.807, 2.05) is 12.1 Å². The van der Waals surface area contributed by atoms with Crippen molar-refractivity contribution in [2.45, 2.75) is 12.3 Å². The number of nitriles is 1. The lowest BCUT2D eigenvalue weighted by molar-refractivity contribution is 0.383. The minimum atomic E-state index is -0.0324. The van der Waals surface area contributed by atoms with Crippen molar-refractivity contribution in [3.63, 3.8) is 0 Å². The molecule has 3 nitrogen and oxygen atoms in total. The van der Waals surface area contributed by atoms with Crippen LogP contribution in [0.3, 0.4) is 0 Å². The number of hydrogen-bond acceptors (Lipinski definition) is 3. The zero-order valence-corrected chi connectivity index (χ0v) is 8.20. The highest BCUT2D eigenvalue weighted by Gasteiger charge is 2.32. The van der Waals surface area contributed by atoms with Crippen molar-refractivity contribution in [2.24, 2.45) is 0 Å². The van der Waals surface area contributed by atoms with Crippen LogP contribution in [-0.2, 0) is 6.42 Å². The van der Waals surface area contributed by atoms with Gasteiger partial charge in [0, 0.05) is 11.1 Å². The standard InChI is InChI=1S/C11H11NO2/c1-13-9-3-4-10(14-2)11-7(6-12)5-8(9)11/h3-4,7H,5H2,1-2H3. The molecule has 0 bridgehead atoms. The fourth-order valence-electron chi connectivity index (χ4n) is 1.87. The molecule has 1 unspecified atom stereocenters. The number of hydrogen-bond donors (Lipinski definition) is 0. The molecule has 0 heterocycles. The number of rotatable bonds is 2. The minimum absolute atomic E-state index is 0.0324. The third-order valence-corrected chi connectivity index (χ3v) is 2.63. The molecule has 0 radical (unpaired) electrons. The van der Waals surface area contributed by atoms with Crippen molar-refractivity contribution in [1.82, 2.24) is 0 Å². The zero-order chi connectivity index (χ0) is 10.1. The lowest BCUT2D eigenvalue weighted by Crippen LogP contribution is -2.18. The van der Waals surface area contributed by atoms with Gasteiger partial charge in [0.2, 0.25) is 0 Å². The first-order chi connectivity index (χ1) is 6.81. The number of ether oxygens (including phenoxy) is 2. The van der Waals surface area contributed by atoms with Gasteiger partial charge in [-0.3, -0.25) is 0 Å². The quantitative estimate of drug-likeness (QED) is 0.713. The molecule has 1 aliphatic carbocycles. The fraction of sp³-hybridized carbons (Fsp3) is 0.364. The summed E-state index contributed by atoms with van der Waals surface area (Å²) in [6, 6.07) is 5.98. The molecule has 0 saturated heterocycles. The van der Waals surface area contributed by atoms with Gasteiger partial charge >= 0.3 is 0 Å². The Balaban J connectivity index is 2.52. The molecule has 72 valence electrons. The molecule has 1 aliphatic rings. The van der Waals surface area contributed by atoms with E-state index >= 15 is 0 Å². The van der Waals surface area contributed by atoms with Crippen molar-refractivity contribution in [2.75, 3.05) is 14.2 Å². The van der Waals surface area contributed by atoms with Gasteiger partial charge in [-0.25, -0.2) is 0 Å². The second-order valence-corrected chi connectivity index (χ2v) is 3.25. The minimum Gasteiger partial charge on any atom is -0.496 e. The van der Waals surface area contributed by atoms with Gasteiger partial charge in [-0.2, -0.15) is 5.26 Å². The SMILES string of the molecule is COc1ccc(OC)c2c1CC2C#N. The second-order valence-electron chi connectivity index (χ2n) is 3.25. The van der Waals surface area contributed by atoms with Crippen LogP contribution in [0.25, 0.3) is 0 Å². The van der Waals surface area contributed by atoms with Gasteiger partial charge in [0.1, 0.15) is 11.5 Å². The summed E-state index contributed by atoms with van der Waals surface area (Å²) in [6.07, 6.45) is 0.770. The van der Waals surface area contributed by atoms with Crippen LogP contribution >= 0.6 is 0 Å². The zero-order valence-electron chi connectivity index (χ0n) is 8.20. The Morgan fingerprint density at radius 1 is 1.29 bits per heavy atom. The highest BCUT2D eigenvalue weighted by atomic mass is 16.5. The maximum atomic E-state index is 8.87. The van der Waals surface area contributed by atoms with Crippen LogP contribution in [0.2, 0.25) is 0 Å². The first kappa shape index (κ1) is 8.89. The van der Waals surface area contributed by atoms with Gasteiger partial charge in [-0.15, -0.1) is 0 Å². The average Bonchev–Trinajstić information content (AvgIpc) is 2.19. The molecule has 0 amide bonds. The van der Waals surface area contributed by atoms with Gasteiger partial charge in [0.25, 0.3) is 0 Å². The van der Waals surface area contributed by atoms with E-state index in [2.05, 4.69) is 6.07 Å². The van der Waals surface area contributed by atoms with E-state index in [1.165, 1.54) is 0 Å². The predicted molar refractivity (Wildman–Crippen MR) is 51.6 cm³/mol. The molecule has 0 fully saturated rings. The Labute approximate surface area is 82.9 Å². The Morgan fingerprint density at radius 3 is 2.50 bits per heavy atom. The van der Waals surface area contributed by atoms with E-state index in [0.717, 1.165) is 29.0 Å². The summed E-state index contributed by atoms with van der Waals surface area (Å²) in [5, 5.41) is 8.87. The molecule has 14 heavy (non-hydrogen) atoms. The summed E-state index contributed by atoms with van der Waals surface area (Å²) in [7, 11) is 3.26. The van der Waals surface area contributed by atoms with Crippen LogP contribution in [0.15, 0.2) is 12.1 Å². The first-order valence-electron chi connectivity index (χ1n) is 4.45. The van der Waals surface area contributed by atoms with E-state index in [1.54, 1.807) is 14.2 Å². The maximum Gasteiger partial charge on any atom is 0.123 e. The van der Waals surface area contributed by atoms with Crippen LogP contribution in [0.5, 0.6) is 11.5 Å². The van der Waals surface area contributed by atoms with Crippen molar-refractivity contribution < 1.29 is 9.47 Å². The summed E-state index contributed by atoms with van der Waals surface area (Å²) >= 11 is 0. The summed E-state index contributed by atoms with van der Waals surface area (Å²) < 4.78 is 10.4. The fourth-order valence-corrected chi connectivity index (χ4v) is 1.87. The number of methoxy groups -OCH3 is 2. The Kier molecular flexibility index (Phi) is 2.05.